The number of hydrogen-bond acceptors (Lipinski definition) is 7. The minimum atomic E-state index is -4.62. The summed E-state index contributed by atoms with van der Waals surface area (Å²) in [5.41, 5.74) is -0.0179. The van der Waals surface area contributed by atoms with Crippen LogP contribution in [0.15, 0.2) is 30.3 Å². The highest BCUT2D eigenvalue weighted by Crippen LogP contribution is 2.35. The SMILES string of the molecule is COc1cc(CC(F)(F)F)c(-c2nc(NCc3cc(F)ccc3N(C)S(C)(=O)=O)c3c(I)[nH]nc3n2)cc1F. The molecule has 0 radical (unpaired) electrons. The molecule has 0 saturated heterocycles. The predicted molar refractivity (Wildman–Crippen MR) is 143 cm³/mol. The molecule has 2 aromatic carbocycles. The summed E-state index contributed by atoms with van der Waals surface area (Å²) in [7, 11) is -1.23. The van der Waals surface area contributed by atoms with Gasteiger partial charge in [-0.25, -0.2) is 27.2 Å². The van der Waals surface area contributed by atoms with E-state index in [0.29, 0.717) is 9.09 Å². The zero-order valence-corrected chi connectivity index (χ0v) is 23.5. The fourth-order valence-electron chi connectivity index (χ4n) is 3.82. The molecule has 0 amide bonds. The molecule has 16 heteroatoms. The molecular weight excluding hydrogens is 662 g/mol. The Morgan fingerprint density at radius 1 is 1.13 bits per heavy atom. The number of sulfonamides is 1. The summed E-state index contributed by atoms with van der Waals surface area (Å²) in [6, 6.07) is 5.35. The molecule has 0 aliphatic carbocycles. The number of alkyl halides is 3. The van der Waals surface area contributed by atoms with Crippen molar-refractivity contribution in [3.63, 3.8) is 0 Å². The molecule has 9 nitrogen and oxygen atoms in total. The average molecular weight is 682 g/mol. The van der Waals surface area contributed by atoms with Crippen LogP contribution < -0.4 is 14.4 Å². The van der Waals surface area contributed by atoms with Crippen molar-refractivity contribution in [1.82, 2.24) is 20.2 Å². The van der Waals surface area contributed by atoms with Gasteiger partial charge in [0.1, 0.15) is 15.3 Å². The monoisotopic (exact) mass is 682 g/mol. The standard InChI is InChI=1S/C23H20F5IN6O3S/c1-35(39(3,36)37)16-5-4-13(24)6-12(16)10-30-21-18-19(29)33-34-22(18)32-20(31-21)14-8-15(25)17(38-2)7-11(14)9-23(26,27)28/h4-8H,9-10H2,1-3H3,(H2,30,31,32,33,34). The van der Waals surface area contributed by atoms with Crippen molar-refractivity contribution >= 4 is 55.2 Å². The second-order valence-corrected chi connectivity index (χ2v) is 11.5. The summed E-state index contributed by atoms with van der Waals surface area (Å²) in [6.45, 7) is -0.133. The van der Waals surface area contributed by atoms with Gasteiger partial charge in [0.05, 0.1) is 30.9 Å². The number of fused-ring (bicyclic) bond motifs is 1. The van der Waals surface area contributed by atoms with E-state index in [9.17, 15) is 30.4 Å². The summed E-state index contributed by atoms with van der Waals surface area (Å²) in [6.07, 6.45) is -5.02. The lowest BCUT2D eigenvalue weighted by Gasteiger charge is -2.21. The summed E-state index contributed by atoms with van der Waals surface area (Å²) in [5, 5.41) is 10.1. The van der Waals surface area contributed by atoms with Gasteiger partial charge >= 0.3 is 6.18 Å². The number of hydrogen-bond donors (Lipinski definition) is 2. The molecule has 0 saturated carbocycles. The van der Waals surface area contributed by atoms with E-state index in [0.717, 1.165) is 41.9 Å². The third-order valence-electron chi connectivity index (χ3n) is 5.70. The Balaban J connectivity index is 1.83. The van der Waals surface area contributed by atoms with Gasteiger partial charge in [-0.1, -0.05) is 0 Å². The second-order valence-electron chi connectivity index (χ2n) is 8.42. The van der Waals surface area contributed by atoms with Crippen LogP contribution in [0.5, 0.6) is 5.75 Å². The molecule has 4 aromatic rings. The topological polar surface area (TPSA) is 113 Å². The van der Waals surface area contributed by atoms with Crippen LogP contribution >= 0.6 is 22.6 Å². The average Bonchev–Trinajstić information content (AvgIpc) is 3.22. The molecule has 0 aliphatic rings. The van der Waals surface area contributed by atoms with Crippen LogP contribution in [0.1, 0.15) is 11.1 Å². The molecular formula is C23H20F5IN6O3S. The van der Waals surface area contributed by atoms with Crippen molar-refractivity contribution in [1.29, 1.82) is 0 Å². The van der Waals surface area contributed by atoms with Crippen molar-refractivity contribution in [2.24, 2.45) is 0 Å². The van der Waals surface area contributed by atoms with Crippen molar-refractivity contribution in [2.45, 2.75) is 19.1 Å². The van der Waals surface area contributed by atoms with Crippen LogP contribution in [0.3, 0.4) is 0 Å². The maximum absolute atomic E-state index is 14.6. The molecule has 208 valence electrons. The van der Waals surface area contributed by atoms with E-state index in [1.165, 1.54) is 13.1 Å². The number of ether oxygens (including phenoxy) is 1. The highest BCUT2D eigenvalue weighted by Gasteiger charge is 2.31. The third kappa shape index (κ3) is 6.32. The number of aromatic nitrogens is 4. The molecule has 39 heavy (non-hydrogen) atoms. The van der Waals surface area contributed by atoms with Crippen LogP contribution in [0.2, 0.25) is 0 Å². The third-order valence-corrected chi connectivity index (χ3v) is 7.68. The largest absolute Gasteiger partial charge is 0.494 e. The molecule has 0 bridgehead atoms. The van der Waals surface area contributed by atoms with Gasteiger partial charge < -0.3 is 10.1 Å². The fraction of sp³-hybridized carbons (Fsp3) is 0.261. The Morgan fingerprint density at radius 2 is 1.85 bits per heavy atom. The van der Waals surface area contributed by atoms with Crippen LogP contribution in [0.25, 0.3) is 22.4 Å². The number of halogens is 6. The number of aromatic amines is 1. The van der Waals surface area contributed by atoms with Crippen LogP contribution in [-0.2, 0) is 23.0 Å². The van der Waals surface area contributed by atoms with E-state index in [2.05, 4.69) is 25.5 Å². The number of nitrogens with one attached hydrogen (secondary N) is 2. The number of benzene rings is 2. The van der Waals surface area contributed by atoms with Gasteiger partial charge in [-0.2, -0.15) is 18.3 Å². The summed E-state index contributed by atoms with van der Waals surface area (Å²) >= 11 is 1.92. The lowest BCUT2D eigenvalue weighted by Crippen LogP contribution is -2.26. The van der Waals surface area contributed by atoms with E-state index in [1.54, 1.807) is 0 Å². The van der Waals surface area contributed by atoms with E-state index in [1.807, 2.05) is 22.6 Å². The Hall–Kier alpha value is -3.28. The molecule has 0 spiro atoms. The smallest absolute Gasteiger partial charge is 0.393 e. The molecule has 0 fully saturated rings. The first-order valence-corrected chi connectivity index (χ1v) is 13.9. The fourth-order valence-corrected chi connectivity index (χ4v) is 4.97. The maximum atomic E-state index is 14.6. The number of nitrogens with zero attached hydrogens (tertiary/aromatic N) is 4. The van der Waals surface area contributed by atoms with Gasteiger partial charge in [-0.05, 0) is 64.0 Å². The van der Waals surface area contributed by atoms with Crippen molar-refractivity contribution < 1.29 is 35.1 Å². The van der Waals surface area contributed by atoms with Gasteiger partial charge in [0, 0.05) is 19.2 Å². The highest BCUT2D eigenvalue weighted by molar-refractivity contribution is 14.1. The quantitative estimate of drug-likeness (QED) is 0.198. The van der Waals surface area contributed by atoms with E-state index < -0.39 is 34.3 Å². The second kappa shape index (κ2) is 10.7. The lowest BCUT2D eigenvalue weighted by molar-refractivity contribution is -0.127. The first-order chi connectivity index (χ1) is 18.2. The molecule has 2 N–H and O–H groups in total. The Labute approximate surface area is 233 Å². The predicted octanol–water partition coefficient (Wildman–Crippen LogP) is 5.02. The Kier molecular flexibility index (Phi) is 7.89. The molecule has 0 unspecified atom stereocenters. The van der Waals surface area contributed by atoms with E-state index in [-0.39, 0.29) is 52.0 Å². The maximum Gasteiger partial charge on any atom is 0.393 e. The number of rotatable bonds is 8. The van der Waals surface area contributed by atoms with Gasteiger partial charge in [-0.15, -0.1) is 0 Å². The molecule has 4 rings (SSSR count). The number of anilines is 2. The van der Waals surface area contributed by atoms with Crippen LogP contribution in [0, 0.1) is 15.3 Å². The van der Waals surface area contributed by atoms with Gasteiger partial charge in [-0.3, -0.25) is 9.40 Å². The minimum Gasteiger partial charge on any atom is -0.494 e. The molecule has 0 atom stereocenters. The number of H-pyrrole nitrogens is 1. The Bertz CT molecular complexity index is 1660. The lowest BCUT2D eigenvalue weighted by atomic mass is 10.0. The highest BCUT2D eigenvalue weighted by atomic mass is 127. The van der Waals surface area contributed by atoms with E-state index in [4.69, 9.17) is 4.74 Å². The summed E-state index contributed by atoms with van der Waals surface area (Å²) in [5.74, 6) is -2.06. The first-order valence-electron chi connectivity index (χ1n) is 11.0. The molecule has 2 aromatic heterocycles. The van der Waals surface area contributed by atoms with Gasteiger partial charge in [0.2, 0.25) is 10.0 Å². The molecule has 2 heterocycles. The summed E-state index contributed by atoms with van der Waals surface area (Å²) in [4.78, 5) is 8.61. The summed E-state index contributed by atoms with van der Waals surface area (Å²) < 4.78 is 99.3. The zero-order chi connectivity index (χ0) is 28.7. The van der Waals surface area contributed by atoms with Gasteiger partial charge in [0.25, 0.3) is 0 Å². The molecule has 0 aliphatic heterocycles. The number of methoxy groups -OCH3 is 1. The van der Waals surface area contributed by atoms with Crippen LogP contribution in [-0.4, -0.2) is 55.2 Å². The van der Waals surface area contributed by atoms with Crippen molar-refractivity contribution in [3.8, 4) is 17.1 Å². The normalized spacial score (nSPS) is 12.1. The van der Waals surface area contributed by atoms with Crippen LogP contribution in [0.4, 0.5) is 33.5 Å². The first kappa shape index (κ1) is 28.7. The Morgan fingerprint density at radius 3 is 2.49 bits per heavy atom. The zero-order valence-electron chi connectivity index (χ0n) is 20.5. The van der Waals surface area contributed by atoms with E-state index >= 15 is 0 Å². The minimum absolute atomic E-state index is 0.0776. The van der Waals surface area contributed by atoms with Crippen molar-refractivity contribution in [3.05, 3.63) is 56.8 Å². The van der Waals surface area contributed by atoms with Crippen molar-refractivity contribution in [2.75, 3.05) is 30.0 Å². The van der Waals surface area contributed by atoms with Gasteiger partial charge in [0.15, 0.2) is 23.0 Å².